The predicted molar refractivity (Wildman–Crippen MR) is 57.9 cm³/mol. The fourth-order valence-electron chi connectivity index (χ4n) is 1.74. The number of benzene rings is 1. The van der Waals surface area contributed by atoms with E-state index in [9.17, 15) is 13.6 Å². The van der Waals surface area contributed by atoms with E-state index in [-0.39, 0.29) is 24.0 Å². The van der Waals surface area contributed by atoms with Crippen LogP contribution in [0.25, 0.3) is 0 Å². The van der Waals surface area contributed by atoms with E-state index in [0.717, 1.165) is 12.1 Å². The molecule has 0 radical (unpaired) electrons. The number of hydrogen-bond acceptors (Lipinski definition) is 3. The lowest BCUT2D eigenvalue weighted by atomic mass is 10.2. The molecule has 0 spiro atoms. The van der Waals surface area contributed by atoms with Gasteiger partial charge in [-0.25, -0.2) is 8.78 Å². The molecule has 1 aromatic carbocycles. The molecule has 92 valence electrons. The maximum atomic E-state index is 13.6. The fraction of sp³-hybridized carbons (Fsp3) is 0.364. The smallest absolute Gasteiger partial charge is 0.265 e. The molecule has 2 rings (SSSR count). The van der Waals surface area contributed by atoms with Crippen LogP contribution >= 0.6 is 0 Å². The Morgan fingerprint density at radius 2 is 2.18 bits per heavy atom. The predicted octanol–water partition coefficient (Wildman–Crippen LogP) is 1.04. The molecular weight excluding hydrogens is 230 g/mol. The van der Waals surface area contributed by atoms with E-state index in [1.807, 2.05) is 0 Å². The second kappa shape index (κ2) is 4.67. The van der Waals surface area contributed by atoms with Gasteiger partial charge in [0.05, 0.1) is 0 Å². The van der Waals surface area contributed by atoms with Crippen molar-refractivity contribution in [2.24, 2.45) is 5.73 Å². The number of fused-ring (bicyclic) bond motifs is 1. The summed E-state index contributed by atoms with van der Waals surface area (Å²) >= 11 is 0. The molecule has 0 saturated heterocycles. The number of nitrogens with two attached hydrogens (primary N) is 1. The highest BCUT2D eigenvalue weighted by Gasteiger charge is 2.28. The van der Waals surface area contributed by atoms with Crippen molar-refractivity contribution in [3.05, 3.63) is 23.8 Å². The van der Waals surface area contributed by atoms with Crippen molar-refractivity contribution < 1.29 is 18.3 Å². The van der Waals surface area contributed by atoms with E-state index in [1.54, 1.807) is 0 Å². The molecule has 4 nitrogen and oxygen atoms in total. The zero-order valence-corrected chi connectivity index (χ0v) is 9.08. The molecule has 0 fully saturated rings. The summed E-state index contributed by atoms with van der Waals surface area (Å²) in [4.78, 5) is 12.9. The molecule has 0 aliphatic carbocycles. The third kappa shape index (κ3) is 2.21. The van der Waals surface area contributed by atoms with Gasteiger partial charge in [-0.15, -0.1) is 0 Å². The van der Waals surface area contributed by atoms with Gasteiger partial charge in [-0.1, -0.05) is 0 Å². The number of anilines is 1. The number of amides is 1. The third-order valence-corrected chi connectivity index (χ3v) is 2.50. The molecule has 2 N–H and O–H groups in total. The van der Waals surface area contributed by atoms with Crippen molar-refractivity contribution >= 4 is 11.6 Å². The first-order chi connectivity index (χ1) is 8.13. The van der Waals surface area contributed by atoms with E-state index in [2.05, 4.69) is 0 Å². The van der Waals surface area contributed by atoms with Gasteiger partial charge in [0.1, 0.15) is 17.3 Å². The second-order valence-electron chi connectivity index (χ2n) is 3.71. The summed E-state index contributed by atoms with van der Waals surface area (Å²) in [7, 11) is 0. The Labute approximate surface area is 97.0 Å². The van der Waals surface area contributed by atoms with Crippen LogP contribution in [0.2, 0.25) is 0 Å². The zero-order valence-electron chi connectivity index (χ0n) is 9.08. The Balaban J connectivity index is 2.39. The van der Waals surface area contributed by atoms with Crippen LogP contribution in [0.1, 0.15) is 6.42 Å². The van der Waals surface area contributed by atoms with Gasteiger partial charge in [-0.05, 0) is 13.0 Å². The first kappa shape index (κ1) is 11.8. The Morgan fingerprint density at radius 3 is 2.88 bits per heavy atom. The average molecular weight is 242 g/mol. The molecule has 1 aliphatic rings. The summed E-state index contributed by atoms with van der Waals surface area (Å²) in [6, 6.07) is 1.80. The van der Waals surface area contributed by atoms with Gasteiger partial charge in [0.25, 0.3) is 5.91 Å². The van der Waals surface area contributed by atoms with Crippen LogP contribution in [0.15, 0.2) is 12.1 Å². The molecule has 0 atom stereocenters. The molecule has 1 heterocycles. The van der Waals surface area contributed by atoms with E-state index in [4.69, 9.17) is 10.5 Å². The zero-order chi connectivity index (χ0) is 12.4. The molecule has 0 bridgehead atoms. The van der Waals surface area contributed by atoms with E-state index >= 15 is 0 Å². The van der Waals surface area contributed by atoms with Crippen LogP contribution in [0.4, 0.5) is 14.5 Å². The van der Waals surface area contributed by atoms with Crippen molar-refractivity contribution in [3.8, 4) is 5.75 Å². The maximum absolute atomic E-state index is 13.6. The maximum Gasteiger partial charge on any atom is 0.265 e. The van der Waals surface area contributed by atoms with Crippen LogP contribution in [0.5, 0.6) is 5.75 Å². The minimum absolute atomic E-state index is 0.00361. The Bertz CT molecular complexity index is 451. The molecule has 6 heteroatoms. The molecule has 1 aromatic rings. The van der Waals surface area contributed by atoms with Gasteiger partial charge in [0, 0.05) is 18.7 Å². The molecule has 0 unspecified atom stereocenters. The number of carbonyl (C=O) groups is 1. The van der Waals surface area contributed by atoms with Crippen LogP contribution in [0.3, 0.4) is 0 Å². The molecule has 17 heavy (non-hydrogen) atoms. The van der Waals surface area contributed by atoms with Gasteiger partial charge in [-0.3, -0.25) is 4.79 Å². The normalized spacial score (nSPS) is 14.5. The van der Waals surface area contributed by atoms with Crippen LogP contribution < -0.4 is 15.4 Å². The molecule has 0 saturated carbocycles. The summed E-state index contributed by atoms with van der Waals surface area (Å²) < 4.78 is 31.6. The number of nitrogens with zero attached hydrogens (tertiary/aromatic N) is 1. The molecular formula is C11H12F2N2O2. The highest BCUT2D eigenvalue weighted by Crippen LogP contribution is 2.35. The van der Waals surface area contributed by atoms with Gasteiger partial charge in [-0.2, -0.15) is 0 Å². The van der Waals surface area contributed by atoms with Gasteiger partial charge in [0.2, 0.25) is 0 Å². The lowest BCUT2D eigenvalue weighted by Crippen LogP contribution is -2.40. The molecule has 0 aromatic heterocycles. The first-order valence-corrected chi connectivity index (χ1v) is 5.25. The highest BCUT2D eigenvalue weighted by molar-refractivity contribution is 5.97. The van der Waals surface area contributed by atoms with Crippen molar-refractivity contribution in [2.45, 2.75) is 6.42 Å². The fourth-order valence-corrected chi connectivity index (χ4v) is 1.74. The van der Waals surface area contributed by atoms with Crippen LogP contribution in [0, 0.1) is 11.6 Å². The quantitative estimate of drug-likeness (QED) is 0.861. The standard InChI is InChI=1S/C11H12F2N2O2/c12-7-4-8(13)11-9(5-7)17-6-10(16)15(11)3-1-2-14/h4-5H,1-3,6,14H2. The summed E-state index contributed by atoms with van der Waals surface area (Å²) in [5.41, 5.74) is 5.35. The third-order valence-electron chi connectivity index (χ3n) is 2.50. The van der Waals surface area contributed by atoms with E-state index < -0.39 is 11.6 Å². The number of ether oxygens (including phenoxy) is 1. The minimum Gasteiger partial charge on any atom is -0.481 e. The van der Waals surface area contributed by atoms with Crippen molar-refractivity contribution in [1.82, 2.24) is 0 Å². The second-order valence-corrected chi connectivity index (χ2v) is 3.71. The monoisotopic (exact) mass is 242 g/mol. The van der Waals surface area contributed by atoms with Crippen molar-refractivity contribution in [3.63, 3.8) is 0 Å². The number of rotatable bonds is 3. The highest BCUT2D eigenvalue weighted by atomic mass is 19.1. The van der Waals surface area contributed by atoms with Gasteiger partial charge < -0.3 is 15.4 Å². The van der Waals surface area contributed by atoms with E-state index in [1.165, 1.54) is 4.90 Å². The van der Waals surface area contributed by atoms with Gasteiger partial charge >= 0.3 is 0 Å². The van der Waals surface area contributed by atoms with Crippen molar-refractivity contribution in [2.75, 3.05) is 24.6 Å². The van der Waals surface area contributed by atoms with Crippen molar-refractivity contribution in [1.29, 1.82) is 0 Å². The largest absolute Gasteiger partial charge is 0.481 e. The summed E-state index contributed by atoms with van der Waals surface area (Å²) in [6.45, 7) is 0.484. The summed E-state index contributed by atoms with van der Waals surface area (Å²) in [5, 5.41) is 0. The van der Waals surface area contributed by atoms with Crippen LogP contribution in [-0.2, 0) is 4.79 Å². The number of carbonyl (C=O) groups excluding carboxylic acids is 1. The number of halogens is 2. The number of hydrogen-bond donors (Lipinski definition) is 1. The lowest BCUT2D eigenvalue weighted by molar-refractivity contribution is -0.121. The Morgan fingerprint density at radius 1 is 1.41 bits per heavy atom. The molecule has 1 aliphatic heterocycles. The average Bonchev–Trinajstić information content (AvgIpc) is 2.28. The van der Waals surface area contributed by atoms with Crippen LogP contribution in [-0.4, -0.2) is 25.6 Å². The Hall–Kier alpha value is -1.69. The summed E-state index contributed by atoms with van der Waals surface area (Å²) in [5.74, 6) is -1.82. The lowest BCUT2D eigenvalue weighted by Gasteiger charge is -2.29. The Kier molecular flexibility index (Phi) is 3.23. The topological polar surface area (TPSA) is 55.6 Å². The first-order valence-electron chi connectivity index (χ1n) is 5.25. The van der Waals surface area contributed by atoms with Gasteiger partial charge in [0.15, 0.2) is 12.4 Å². The van der Waals surface area contributed by atoms with E-state index in [0.29, 0.717) is 19.5 Å². The summed E-state index contributed by atoms with van der Waals surface area (Å²) in [6.07, 6.45) is 0.544. The SMILES string of the molecule is NCCCN1C(=O)COc2cc(F)cc(F)c21. The minimum atomic E-state index is -0.801. The molecule has 1 amide bonds.